The SMILES string of the molecule is Cc1ccc(I)c(N)c1C. The molecule has 0 heterocycles. The lowest BCUT2D eigenvalue weighted by Crippen LogP contribution is -1.94. The molecule has 0 atom stereocenters. The van der Waals surface area contributed by atoms with Gasteiger partial charge in [0.1, 0.15) is 0 Å². The summed E-state index contributed by atoms with van der Waals surface area (Å²) >= 11 is 2.24. The van der Waals surface area contributed by atoms with Gasteiger partial charge in [-0.3, -0.25) is 0 Å². The van der Waals surface area contributed by atoms with Gasteiger partial charge in [-0.25, -0.2) is 0 Å². The quantitative estimate of drug-likeness (QED) is 0.553. The van der Waals surface area contributed by atoms with E-state index in [1.165, 1.54) is 11.1 Å². The van der Waals surface area contributed by atoms with Gasteiger partial charge in [0.15, 0.2) is 0 Å². The molecule has 1 aromatic rings. The third-order valence-electron chi connectivity index (χ3n) is 1.73. The van der Waals surface area contributed by atoms with Crippen molar-refractivity contribution in [3.63, 3.8) is 0 Å². The molecule has 0 aromatic heterocycles. The number of rotatable bonds is 0. The molecule has 0 saturated carbocycles. The fourth-order valence-electron chi connectivity index (χ4n) is 0.804. The topological polar surface area (TPSA) is 26.0 Å². The average molecular weight is 247 g/mol. The lowest BCUT2D eigenvalue weighted by Gasteiger charge is -2.04. The second-order valence-corrected chi connectivity index (χ2v) is 3.57. The molecule has 0 spiro atoms. The Hall–Kier alpha value is -0.250. The summed E-state index contributed by atoms with van der Waals surface area (Å²) < 4.78 is 1.14. The average Bonchev–Trinajstić information content (AvgIpc) is 1.93. The van der Waals surface area contributed by atoms with Crippen LogP contribution < -0.4 is 5.73 Å². The van der Waals surface area contributed by atoms with Crippen LogP contribution in [0.2, 0.25) is 0 Å². The summed E-state index contributed by atoms with van der Waals surface area (Å²) in [6.45, 7) is 4.12. The summed E-state index contributed by atoms with van der Waals surface area (Å²) in [5, 5.41) is 0. The number of anilines is 1. The molecule has 0 radical (unpaired) electrons. The van der Waals surface area contributed by atoms with Crippen molar-refractivity contribution >= 4 is 28.3 Å². The molecule has 0 saturated heterocycles. The van der Waals surface area contributed by atoms with E-state index < -0.39 is 0 Å². The molecule has 1 rings (SSSR count). The van der Waals surface area contributed by atoms with Crippen molar-refractivity contribution in [3.8, 4) is 0 Å². The van der Waals surface area contributed by atoms with E-state index in [0.717, 1.165) is 9.26 Å². The Labute approximate surface area is 74.8 Å². The van der Waals surface area contributed by atoms with E-state index in [-0.39, 0.29) is 0 Å². The van der Waals surface area contributed by atoms with E-state index in [1.807, 2.05) is 13.0 Å². The first-order valence-electron chi connectivity index (χ1n) is 3.14. The van der Waals surface area contributed by atoms with Crippen molar-refractivity contribution < 1.29 is 0 Å². The van der Waals surface area contributed by atoms with Crippen LogP contribution in [0.3, 0.4) is 0 Å². The van der Waals surface area contributed by atoms with Gasteiger partial charge in [0.05, 0.1) is 0 Å². The molecule has 0 unspecified atom stereocenters. The molecule has 0 aliphatic heterocycles. The second kappa shape index (κ2) is 2.78. The van der Waals surface area contributed by atoms with Crippen LogP contribution >= 0.6 is 22.6 Å². The molecule has 0 aliphatic carbocycles. The van der Waals surface area contributed by atoms with E-state index in [0.29, 0.717) is 0 Å². The summed E-state index contributed by atoms with van der Waals surface area (Å²) in [6.07, 6.45) is 0. The Kier molecular flexibility index (Phi) is 2.18. The van der Waals surface area contributed by atoms with Crippen molar-refractivity contribution in [2.45, 2.75) is 13.8 Å². The van der Waals surface area contributed by atoms with Crippen LogP contribution in [0.5, 0.6) is 0 Å². The van der Waals surface area contributed by atoms with Crippen molar-refractivity contribution in [2.75, 3.05) is 5.73 Å². The highest BCUT2D eigenvalue weighted by molar-refractivity contribution is 14.1. The van der Waals surface area contributed by atoms with Crippen LogP contribution in [0.15, 0.2) is 12.1 Å². The zero-order chi connectivity index (χ0) is 7.72. The Morgan fingerprint density at radius 3 is 2.40 bits per heavy atom. The van der Waals surface area contributed by atoms with Gasteiger partial charge >= 0.3 is 0 Å². The summed E-state index contributed by atoms with van der Waals surface area (Å²) in [7, 11) is 0. The fraction of sp³-hybridized carbons (Fsp3) is 0.250. The molecular formula is C8H10IN. The maximum atomic E-state index is 5.78. The van der Waals surface area contributed by atoms with Gasteiger partial charge in [0.2, 0.25) is 0 Å². The lowest BCUT2D eigenvalue weighted by atomic mass is 10.1. The molecule has 0 bridgehead atoms. The van der Waals surface area contributed by atoms with E-state index in [9.17, 15) is 0 Å². The van der Waals surface area contributed by atoms with Gasteiger partial charge in [-0.1, -0.05) is 6.07 Å². The first kappa shape index (κ1) is 7.85. The first-order valence-corrected chi connectivity index (χ1v) is 4.22. The maximum absolute atomic E-state index is 5.78. The number of nitrogen functional groups attached to an aromatic ring is 1. The highest BCUT2D eigenvalue weighted by Crippen LogP contribution is 2.21. The van der Waals surface area contributed by atoms with Crippen molar-refractivity contribution in [2.24, 2.45) is 0 Å². The third kappa shape index (κ3) is 1.26. The van der Waals surface area contributed by atoms with E-state index >= 15 is 0 Å². The molecule has 2 heteroatoms. The Bertz CT molecular complexity index is 229. The summed E-state index contributed by atoms with van der Waals surface area (Å²) in [4.78, 5) is 0. The van der Waals surface area contributed by atoms with E-state index in [2.05, 4.69) is 35.6 Å². The highest BCUT2D eigenvalue weighted by Gasteiger charge is 1.99. The number of hydrogen-bond donors (Lipinski definition) is 1. The lowest BCUT2D eigenvalue weighted by molar-refractivity contribution is 1.33. The Balaban J connectivity index is 3.34. The zero-order valence-electron chi connectivity index (χ0n) is 6.11. The second-order valence-electron chi connectivity index (χ2n) is 2.40. The van der Waals surface area contributed by atoms with Gasteiger partial charge in [-0.05, 0) is 53.6 Å². The molecule has 0 amide bonds. The smallest absolute Gasteiger partial charge is 0.0482 e. The van der Waals surface area contributed by atoms with Crippen LogP contribution in [-0.2, 0) is 0 Å². The van der Waals surface area contributed by atoms with Crippen LogP contribution in [0.1, 0.15) is 11.1 Å². The van der Waals surface area contributed by atoms with Crippen LogP contribution in [0.4, 0.5) is 5.69 Å². The monoisotopic (exact) mass is 247 g/mol. The summed E-state index contributed by atoms with van der Waals surface area (Å²) in [5.41, 5.74) is 9.16. The minimum atomic E-state index is 0.917. The molecular weight excluding hydrogens is 237 g/mol. The van der Waals surface area contributed by atoms with Gasteiger partial charge < -0.3 is 5.73 Å². The van der Waals surface area contributed by atoms with Gasteiger partial charge in [-0.15, -0.1) is 0 Å². The van der Waals surface area contributed by atoms with Crippen LogP contribution in [0.25, 0.3) is 0 Å². The molecule has 0 fully saturated rings. The van der Waals surface area contributed by atoms with Gasteiger partial charge in [0, 0.05) is 9.26 Å². The van der Waals surface area contributed by atoms with Gasteiger partial charge in [-0.2, -0.15) is 0 Å². The summed E-state index contributed by atoms with van der Waals surface area (Å²) in [5.74, 6) is 0. The largest absolute Gasteiger partial charge is 0.398 e. The zero-order valence-corrected chi connectivity index (χ0v) is 8.27. The third-order valence-corrected chi connectivity index (χ3v) is 2.67. The molecule has 2 N–H and O–H groups in total. The van der Waals surface area contributed by atoms with Crippen LogP contribution in [0, 0.1) is 17.4 Å². The fourth-order valence-corrected chi connectivity index (χ4v) is 1.39. The number of hydrogen-bond acceptors (Lipinski definition) is 1. The predicted molar refractivity (Wildman–Crippen MR) is 53.0 cm³/mol. The van der Waals surface area contributed by atoms with Crippen molar-refractivity contribution in [3.05, 3.63) is 26.8 Å². The number of benzene rings is 1. The Morgan fingerprint density at radius 1 is 1.30 bits per heavy atom. The standard InChI is InChI=1S/C8H10IN/c1-5-3-4-7(9)8(10)6(5)2/h3-4H,10H2,1-2H3. The van der Waals surface area contributed by atoms with E-state index in [1.54, 1.807) is 0 Å². The predicted octanol–water partition coefficient (Wildman–Crippen LogP) is 2.49. The molecule has 1 nitrogen and oxygen atoms in total. The van der Waals surface area contributed by atoms with Gasteiger partial charge in [0.25, 0.3) is 0 Å². The summed E-state index contributed by atoms with van der Waals surface area (Å²) in [6, 6.07) is 4.13. The number of aryl methyl sites for hydroxylation is 1. The Morgan fingerprint density at radius 2 is 1.90 bits per heavy atom. The molecule has 54 valence electrons. The van der Waals surface area contributed by atoms with Crippen LogP contribution in [-0.4, -0.2) is 0 Å². The highest BCUT2D eigenvalue weighted by atomic mass is 127. The van der Waals surface area contributed by atoms with E-state index in [4.69, 9.17) is 5.73 Å². The van der Waals surface area contributed by atoms with Crippen molar-refractivity contribution in [1.82, 2.24) is 0 Å². The first-order chi connectivity index (χ1) is 4.63. The molecule has 10 heavy (non-hydrogen) atoms. The normalized spacial score (nSPS) is 9.90. The van der Waals surface area contributed by atoms with Crippen molar-refractivity contribution in [1.29, 1.82) is 0 Å². The molecule has 0 aliphatic rings. The minimum absolute atomic E-state index is 0.917. The molecule has 1 aromatic carbocycles. The number of halogens is 1. The minimum Gasteiger partial charge on any atom is -0.398 e. The number of nitrogens with two attached hydrogens (primary N) is 1. The maximum Gasteiger partial charge on any atom is 0.0482 e.